The number of para-hydroxylation sites is 1. The van der Waals surface area contributed by atoms with Gasteiger partial charge in [-0.05, 0) is 48.9 Å². The molecule has 0 atom stereocenters. The molecule has 0 spiro atoms. The van der Waals surface area contributed by atoms with E-state index in [9.17, 15) is 13.2 Å². The molecule has 6 nitrogen and oxygen atoms in total. The number of nitrogens with one attached hydrogen (secondary N) is 3. The average molecular weight is 491 g/mol. The SMILES string of the molecule is CNCCNCc1ccc(-c2ccc(-c3nc4c(C)cccc4[nH]3)s2)cc1.O=C(O)C(F)(F)F. The van der Waals surface area contributed by atoms with Crippen molar-refractivity contribution in [3.63, 3.8) is 0 Å². The van der Waals surface area contributed by atoms with Crippen molar-refractivity contribution < 1.29 is 23.1 Å². The molecule has 2 aromatic carbocycles. The number of carboxylic acids is 1. The molecule has 0 amide bonds. The summed E-state index contributed by atoms with van der Waals surface area (Å²) < 4.78 is 31.7. The minimum Gasteiger partial charge on any atom is -0.475 e. The third kappa shape index (κ3) is 6.66. The van der Waals surface area contributed by atoms with Crippen LogP contribution in [0, 0.1) is 6.92 Å². The number of aromatic nitrogens is 2. The van der Waals surface area contributed by atoms with Crippen molar-refractivity contribution in [1.82, 2.24) is 20.6 Å². The number of benzene rings is 2. The third-order valence-corrected chi connectivity index (χ3v) is 6.06. The van der Waals surface area contributed by atoms with Crippen molar-refractivity contribution >= 4 is 28.3 Å². The van der Waals surface area contributed by atoms with Gasteiger partial charge in [0.2, 0.25) is 0 Å². The number of thiophene rings is 1. The minimum absolute atomic E-state index is 0.899. The molecule has 0 bridgehead atoms. The standard InChI is InChI=1S/C22H24N4S.C2HF3O2/c1-15-4-3-5-18-21(15)26-22(25-18)20-11-10-19(27-20)17-8-6-16(7-9-17)14-24-13-12-23-2;3-2(4,5)1(6)7/h3-11,23-24H,12-14H2,1-2H3,(H,25,26);(H,6,7). The number of carbonyl (C=O) groups is 1. The predicted octanol–water partition coefficient (Wildman–Crippen LogP) is 5.21. The molecule has 0 unspecified atom stereocenters. The Morgan fingerprint density at radius 2 is 1.74 bits per heavy atom. The molecule has 34 heavy (non-hydrogen) atoms. The van der Waals surface area contributed by atoms with E-state index in [-0.39, 0.29) is 0 Å². The number of alkyl halides is 3. The normalized spacial score (nSPS) is 11.3. The van der Waals surface area contributed by atoms with Crippen LogP contribution in [0.25, 0.3) is 32.2 Å². The summed E-state index contributed by atoms with van der Waals surface area (Å²) in [5, 5.41) is 13.7. The van der Waals surface area contributed by atoms with Crippen molar-refractivity contribution in [1.29, 1.82) is 0 Å². The van der Waals surface area contributed by atoms with E-state index in [1.54, 1.807) is 11.3 Å². The van der Waals surface area contributed by atoms with Crippen LogP contribution in [0.5, 0.6) is 0 Å². The highest BCUT2D eigenvalue weighted by Gasteiger charge is 2.38. The molecule has 0 saturated carbocycles. The van der Waals surface area contributed by atoms with Crippen LogP contribution in [0.4, 0.5) is 13.2 Å². The molecule has 0 aliphatic heterocycles. The summed E-state index contributed by atoms with van der Waals surface area (Å²) >= 11 is 1.77. The summed E-state index contributed by atoms with van der Waals surface area (Å²) in [7, 11) is 1.97. The van der Waals surface area contributed by atoms with E-state index in [1.165, 1.54) is 26.4 Å². The highest BCUT2D eigenvalue weighted by molar-refractivity contribution is 7.18. The molecular weight excluding hydrogens is 465 g/mol. The first-order valence-electron chi connectivity index (χ1n) is 10.5. The van der Waals surface area contributed by atoms with Crippen LogP contribution in [-0.2, 0) is 11.3 Å². The summed E-state index contributed by atoms with van der Waals surface area (Å²) in [6.45, 7) is 4.96. The number of aliphatic carboxylic acids is 1. The second-order valence-corrected chi connectivity index (χ2v) is 8.58. The summed E-state index contributed by atoms with van der Waals surface area (Å²) in [6, 6.07) is 19.4. The van der Waals surface area contributed by atoms with Gasteiger partial charge < -0.3 is 20.7 Å². The highest BCUT2D eigenvalue weighted by atomic mass is 32.1. The molecule has 0 aliphatic carbocycles. The van der Waals surface area contributed by atoms with E-state index in [0.29, 0.717) is 0 Å². The van der Waals surface area contributed by atoms with Crippen LogP contribution in [0.1, 0.15) is 11.1 Å². The van der Waals surface area contributed by atoms with Gasteiger partial charge in [0.25, 0.3) is 0 Å². The fourth-order valence-corrected chi connectivity index (χ4v) is 4.10. The Bertz CT molecular complexity index is 1230. The van der Waals surface area contributed by atoms with Crippen molar-refractivity contribution in [2.75, 3.05) is 20.1 Å². The van der Waals surface area contributed by atoms with E-state index >= 15 is 0 Å². The summed E-state index contributed by atoms with van der Waals surface area (Å²) in [4.78, 5) is 19.6. The van der Waals surface area contributed by atoms with Crippen LogP contribution in [0.15, 0.2) is 54.6 Å². The number of H-pyrrole nitrogens is 1. The molecular formula is C24H25F3N4O2S. The van der Waals surface area contributed by atoms with Gasteiger partial charge in [0.1, 0.15) is 5.82 Å². The summed E-state index contributed by atoms with van der Waals surface area (Å²) in [5.41, 5.74) is 5.90. The number of hydrogen-bond acceptors (Lipinski definition) is 5. The Kier molecular flexibility index (Phi) is 8.43. The lowest BCUT2D eigenvalue weighted by atomic mass is 10.1. The number of nitrogens with zero attached hydrogens (tertiary/aromatic N) is 1. The lowest BCUT2D eigenvalue weighted by Gasteiger charge is -2.05. The average Bonchev–Trinajstić information content (AvgIpc) is 3.45. The Balaban J connectivity index is 0.000000406. The number of aryl methyl sites for hydroxylation is 1. The third-order valence-electron chi connectivity index (χ3n) is 4.92. The number of hydrogen-bond donors (Lipinski definition) is 4. The van der Waals surface area contributed by atoms with Gasteiger partial charge in [-0.2, -0.15) is 13.2 Å². The van der Waals surface area contributed by atoms with Crippen LogP contribution in [0.3, 0.4) is 0 Å². The fraction of sp³-hybridized carbons (Fsp3) is 0.250. The predicted molar refractivity (Wildman–Crippen MR) is 129 cm³/mol. The molecule has 0 fully saturated rings. The molecule has 4 N–H and O–H groups in total. The fourth-order valence-electron chi connectivity index (χ4n) is 3.15. The van der Waals surface area contributed by atoms with E-state index in [0.717, 1.165) is 36.5 Å². The van der Waals surface area contributed by atoms with Crippen LogP contribution in [-0.4, -0.2) is 47.4 Å². The second kappa shape index (κ2) is 11.3. The van der Waals surface area contributed by atoms with Crippen molar-refractivity contribution in [3.8, 4) is 21.1 Å². The lowest BCUT2D eigenvalue weighted by Crippen LogP contribution is -2.24. The molecule has 2 aromatic heterocycles. The van der Waals surface area contributed by atoms with Gasteiger partial charge in [-0.15, -0.1) is 11.3 Å². The first-order chi connectivity index (χ1) is 16.2. The van der Waals surface area contributed by atoms with E-state index in [4.69, 9.17) is 14.9 Å². The molecule has 0 saturated heterocycles. The van der Waals surface area contributed by atoms with Gasteiger partial charge in [-0.3, -0.25) is 0 Å². The van der Waals surface area contributed by atoms with Gasteiger partial charge in [0.15, 0.2) is 0 Å². The van der Waals surface area contributed by atoms with Crippen molar-refractivity contribution in [3.05, 3.63) is 65.7 Å². The maximum Gasteiger partial charge on any atom is 0.490 e. The summed E-state index contributed by atoms with van der Waals surface area (Å²) in [5.74, 6) is -1.81. The monoisotopic (exact) mass is 490 g/mol. The molecule has 4 aromatic rings. The second-order valence-electron chi connectivity index (χ2n) is 7.50. The molecule has 4 rings (SSSR count). The van der Waals surface area contributed by atoms with Gasteiger partial charge in [-0.25, -0.2) is 9.78 Å². The summed E-state index contributed by atoms with van der Waals surface area (Å²) in [6.07, 6.45) is -5.08. The Hall–Kier alpha value is -3.21. The minimum atomic E-state index is -5.08. The van der Waals surface area contributed by atoms with Crippen LogP contribution < -0.4 is 10.6 Å². The molecule has 0 aliphatic rings. The zero-order valence-corrected chi connectivity index (χ0v) is 19.5. The van der Waals surface area contributed by atoms with E-state index < -0.39 is 12.1 Å². The maximum absolute atomic E-state index is 10.6. The van der Waals surface area contributed by atoms with Gasteiger partial charge in [0.05, 0.1) is 15.9 Å². The van der Waals surface area contributed by atoms with Crippen molar-refractivity contribution in [2.45, 2.75) is 19.6 Å². The zero-order chi connectivity index (χ0) is 24.7. The van der Waals surface area contributed by atoms with Gasteiger partial charge >= 0.3 is 12.1 Å². The highest BCUT2D eigenvalue weighted by Crippen LogP contribution is 2.34. The first kappa shape index (κ1) is 25.4. The van der Waals surface area contributed by atoms with Crippen molar-refractivity contribution in [2.24, 2.45) is 0 Å². The van der Waals surface area contributed by atoms with E-state index in [2.05, 4.69) is 77.1 Å². The molecule has 10 heteroatoms. The van der Waals surface area contributed by atoms with Gasteiger partial charge in [-0.1, -0.05) is 36.4 Å². The lowest BCUT2D eigenvalue weighted by molar-refractivity contribution is -0.192. The largest absolute Gasteiger partial charge is 0.490 e. The zero-order valence-electron chi connectivity index (χ0n) is 18.7. The number of rotatable bonds is 7. The number of halogens is 3. The number of imidazole rings is 1. The number of carboxylic acid groups (broad SMARTS) is 1. The van der Waals surface area contributed by atoms with Crippen LogP contribution in [0.2, 0.25) is 0 Å². The number of likely N-dealkylation sites (N-methyl/N-ethyl adjacent to an activating group) is 1. The smallest absolute Gasteiger partial charge is 0.475 e. The van der Waals surface area contributed by atoms with Crippen LogP contribution >= 0.6 is 11.3 Å². The Morgan fingerprint density at radius 3 is 2.35 bits per heavy atom. The molecule has 2 heterocycles. The first-order valence-corrected chi connectivity index (χ1v) is 11.3. The maximum atomic E-state index is 10.6. The number of fused-ring (bicyclic) bond motifs is 1. The van der Waals surface area contributed by atoms with Gasteiger partial charge in [0, 0.05) is 24.5 Å². The quantitative estimate of drug-likeness (QED) is 0.267. The topological polar surface area (TPSA) is 90.0 Å². The number of aromatic amines is 1. The van der Waals surface area contributed by atoms with E-state index in [1.807, 2.05) is 7.05 Å². The Morgan fingerprint density at radius 1 is 1.06 bits per heavy atom. The Labute approximate surface area is 198 Å². The molecule has 0 radical (unpaired) electrons. The molecule has 180 valence electrons.